The van der Waals surface area contributed by atoms with Gasteiger partial charge in [0.2, 0.25) is 0 Å². The molecule has 0 amide bonds. The maximum absolute atomic E-state index is 10.4. The van der Waals surface area contributed by atoms with Crippen molar-refractivity contribution in [3.63, 3.8) is 0 Å². The average Bonchev–Trinajstić information content (AvgIpc) is 2.63. The van der Waals surface area contributed by atoms with Gasteiger partial charge in [-0.05, 0) is 7.05 Å². The second-order valence-electron chi connectivity index (χ2n) is 5.03. The lowest BCUT2D eigenvalue weighted by molar-refractivity contribution is -0.0777. The molecule has 1 aromatic rings. The molecule has 2 rings (SSSR count). The minimum Gasteiger partial charge on any atom is -0.388 e. The monoisotopic (exact) mass is 239 g/mol. The summed E-state index contributed by atoms with van der Waals surface area (Å²) in [6.45, 7) is 2.83. The molecular formula is C12H21N3O2. The number of rotatable bonds is 4. The van der Waals surface area contributed by atoms with Gasteiger partial charge < -0.3 is 9.84 Å². The Kier molecular flexibility index (Phi) is 3.81. The highest BCUT2D eigenvalue weighted by atomic mass is 16.5. The largest absolute Gasteiger partial charge is 0.388 e. The van der Waals surface area contributed by atoms with E-state index in [1.54, 1.807) is 4.68 Å². The van der Waals surface area contributed by atoms with E-state index in [9.17, 15) is 5.11 Å². The lowest BCUT2D eigenvalue weighted by atomic mass is 9.94. The Labute approximate surface area is 102 Å². The third-order valence-corrected chi connectivity index (χ3v) is 3.20. The summed E-state index contributed by atoms with van der Waals surface area (Å²) in [7, 11) is 3.94. The van der Waals surface area contributed by atoms with Crippen LogP contribution in [0.4, 0.5) is 0 Å². The molecule has 0 radical (unpaired) electrons. The minimum absolute atomic E-state index is 0.588. The molecule has 0 spiro atoms. The molecule has 2 heterocycles. The summed E-state index contributed by atoms with van der Waals surface area (Å²) in [5.41, 5.74) is 0.584. The molecule has 0 unspecified atom stereocenters. The van der Waals surface area contributed by atoms with Gasteiger partial charge in [-0.25, -0.2) is 0 Å². The normalized spacial score (nSPS) is 19.8. The zero-order valence-electron chi connectivity index (χ0n) is 10.6. The molecule has 1 aliphatic rings. The van der Waals surface area contributed by atoms with Crippen LogP contribution in [0.5, 0.6) is 0 Å². The van der Waals surface area contributed by atoms with Crippen LogP contribution in [0, 0.1) is 0 Å². The molecular weight excluding hydrogens is 218 g/mol. The van der Waals surface area contributed by atoms with Gasteiger partial charge in [0.25, 0.3) is 0 Å². The average molecular weight is 239 g/mol. The van der Waals surface area contributed by atoms with Gasteiger partial charge in [0.05, 0.1) is 11.8 Å². The third-order valence-electron chi connectivity index (χ3n) is 3.20. The van der Waals surface area contributed by atoms with Crippen molar-refractivity contribution in [2.45, 2.75) is 25.0 Å². The molecule has 96 valence electrons. The van der Waals surface area contributed by atoms with Gasteiger partial charge in [-0.3, -0.25) is 9.58 Å². The molecule has 1 saturated heterocycles. The van der Waals surface area contributed by atoms with Crippen molar-refractivity contribution in [1.29, 1.82) is 0 Å². The Morgan fingerprint density at radius 1 is 1.53 bits per heavy atom. The van der Waals surface area contributed by atoms with Crippen LogP contribution in [0.1, 0.15) is 18.4 Å². The maximum Gasteiger partial charge on any atom is 0.0817 e. The summed E-state index contributed by atoms with van der Waals surface area (Å²) in [5.74, 6) is 0. The topological polar surface area (TPSA) is 50.5 Å². The number of ether oxygens (including phenoxy) is 1. The Bertz CT molecular complexity index is 358. The highest BCUT2D eigenvalue weighted by Gasteiger charge is 2.30. The van der Waals surface area contributed by atoms with Crippen molar-refractivity contribution >= 4 is 0 Å². The first kappa shape index (κ1) is 12.5. The smallest absolute Gasteiger partial charge is 0.0817 e. The summed E-state index contributed by atoms with van der Waals surface area (Å²) in [6, 6.07) is 0. The van der Waals surface area contributed by atoms with Crippen molar-refractivity contribution in [3.05, 3.63) is 18.0 Å². The van der Waals surface area contributed by atoms with Crippen molar-refractivity contribution in [3.8, 4) is 0 Å². The van der Waals surface area contributed by atoms with E-state index in [1.165, 1.54) is 5.56 Å². The van der Waals surface area contributed by atoms with Crippen molar-refractivity contribution in [2.75, 3.05) is 26.8 Å². The number of hydrogen-bond acceptors (Lipinski definition) is 4. The van der Waals surface area contributed by atoms with Gasteiger partial charge in [-0.15, -0.1) is 0 Å². The van der Waals surface area contributed by atoms with E-state index in [-0.39, 0.29) is 0 Å². The Morgan fingerprint density at radius 2 is 2.24 bits per heavy atom. The van der Waals surface area contributed by atoms with Crippen molar-refractivity contribution in [2.24, 2.45) is 7.05 Å². The van der Waals surface area contributed by atoms with Crippen LogP contribution in [0.25, 0.3) is 0 Å². The Balaban J connectivity index is 1.85. The predicted molar refractivity (Wildman–Crippen MR) is 64.5 cm³/mol. The fraction of sp³-hybridized carbons (Fsp3) is 0.750. The quantitative estimate of drug-likeness (QED) is 0.826. The summed E-state index contributed by atoms with van der Waals surface area (Å²) in [6.07, 6.45) is 5.32. The second-order valence-corrected chi connectivity index (χ2v) is 5.03. The number of aromatic nitrogens is 2. The van der Waals surface area contributed by atoms with Gasteiger partial charge in [0.15, 0.2) is 0 Å². The second kappa shape index (κ2) is 5.16. The molecule has 1 aromatic heterocycles. The van der Waals surface area contributed by atoms with Gasteiger partial charge in [-0.2, -0.15) is 5.10 Å². The van der Waals surface area contributed by atoms with Crippen LogP contribution in [0.15, 0.2) is 12.4 Å². The van der Waals surface area contributed by atoms with Crippen molar-refractivity contribution < 1.29 is 9.84 Å². The summed E-state index contributed by atoms with van der Waals surface area (Å²) in [5, 5.41) is 14.5. The fourth-order valence-corrected chi connectivity index (χ4v) is 2.33. The molecule has 0 aromatic carbocycles. The number of hydrogen-bond donors (Lipinski definition) is 1. The van der Waals surface area contributed by atoms with Crippen LogP contribution in [0.2, 0.25) is 0 Å². The minimum atomic E-state index is -0.588. The molecule has 1 aliphatic heterocycles. The lowest BCUT2D eigenvalue weighted by Gasteiger charge is -2.35. The van der Waals surface area contributed by atoms with Crippen LogP contribution in [-0.4, -0.2) is 52.2 Å². The molecule has 0 bridgehead atoms. The van der Waals surface area contributed by atoms with E-state index < -0.39 is 5.60 Å². The van der Waals surface area contributed by atoms with Crippen molar-refractivity contribution in [1.82, 2.24) is 14.7 Å². The fourth-order valence-electron chi connectivity index (χ4n) is 2.33. The van der Waals surface area contributed by atoms with E-state index in [0.717, 1.165) is 19.4 Å². The van der Waals surface area contributed by atoms with Crippen LogP contribution >= 0.6 is 0 Å². The van der Waals surface area contributed by atoms with Gasteiger partial charge >= 0.3 is 0 Å². The van der Waals surface area contributed by atoms with E-state index >= 15 is 0 Å². The standard InChI is InChI=1S/C12H21N3O2/c1-14(8-11-7-13-15(2)9-11)10-12(16)3-5-17-6-4-12/h7,9,16H,3-6,8,10H2,1-2H3. The van der Waals surface area contributed by atoms with E-state index in [2.05, 4.69) is 10.00 Å². The predicted octanol–water partition coefficient (Wildman–Crippen LogP) is 0.393. The molecule has 1 N–H and O–H groups in total. The zero-order chi connectivity index (χ0) is 12.3. The summed E-state index contributed by atoms with van der Waals surface area (Å²) < 4.78 is 7.07. The molecule has 17 heavy (non-hydrogen) atoms. The first-order chi connectivity index (χ1) is 8.07. The summed E-state index contributed by atoms with van der Waals surface area (Å²) >= 11 is 0. The molecule has 5 heteroatoms. The lowest BCUT2D eigenvalue weighted by Crippen LogP contribution is -2.45. The van der Waals surface area contributed by atoms with Crippen LogP contribution in [0.3, 0.4) is 0 Å². The highest BCUT2D eigenvalue weighted by molar-refractivity contribution is 5.03. The molecule has 0 aliphatic carbocycles. The Morgan fingerprint density at radius 3 is 2.82 bits per heavy atom. The Hall–Kier alpha value is -0.910. The zero-order valence-corrected chi connectivity index (χ0v) is 10.6. The van der Waals surface area contributed by atoms with Crippen LogP contribution in [-0.2, 0) is 18.3 Å². The van der Waals surface area contributed by atoms with E-state index in [4.69, 9.17) is 4.74 Å². The highest BCUT2D eigenvalue weighted by Crippen LogP contribution is 2.21. The van der Waals surface area contributed by atoms with Gasteiger partial charge in [0, 0.05) is 58.0 Å². The number of likely N-dealkylation sites (N-methyl/N-ethyl adjacent to an activating group) is 1. The molecule has 5 nitrogen and oxygen atoms in total. The number of aliphatic hydroxyl groups is 1. The number of nitrogens with zero attached hydrogens (tertiary/aromatic N) is 3. The SMILES string of the molecule is CN(Cc1cnn(C)c1)CC1(O)CCOCC1. The summed E-state index contributed by atoms with van der Waals surface area (Å²) in [4.78, 5) is 2.14. The molecule has 0 atom stereocenters. The van der Waals surface area contributed by atoms with Gasteiger partial charge in [-0.1, -0.05) is 0 Å². The van der Waals surface area contributed by atoms with E-state index in [1.807, 2.05) is 26.5 Å². The van der Waals surface area contributed by atoms with Crippen LogP contribution < -0.4 is 0 Å². The number of aryl methyl sites for hydroxylation is 1. The third kappa shape index (κ3) is 3.52. The molecule has 1 fully saturated rings. The first-order valence-electron chi connectivity index (χ1n) is 6.04. The maximum atomic E-state index is 10.4. The first-order valence-corrected chi connectivity index (χ1v) is 6.04. The van der Waals surface area contributed by atoms with Gasteiger partial charge in [0.1, 0.15) is 0 Å². The van der Waals surface area contributed by atoms with E-state index in [0.29, 0.717) is 19.8 Å². The molecule has 0 saturated carbocycles.